The van der Waals surface area contributed by atoms with E-state index in [2.05, 4.69) is 25.2 Å². The van der Waals surface area contributed by atoms with Crippen LogP contribution in [0.1, 0.15) is 55.5 Å². The Bertz CT molecular complexity index is 1250. The molecule has 0 spiro atoms. The first-order chi connectivity index (χ1) is 15.9. The van der Waals surface area contributed by atoms with Crippen LogP contribution in [0.5, 0.6) is 11.5 Å². The van der Waals surface area contributed by atoms with E-state index in [1.807, 2.05) is 42.5 Å². The van der Waals surface area contributed by atoms with Crippen molar-refractivity contribution in [3.8, 4) is 22.6 Å². The van der Waals surface area contributed by atoms with Gasteiger partial charge < -0.3 is 20.5 Å². The number of hydrogen-bond acceptors (Lipinski definition) is 4. The summed E-state index contributed by atoms with van der Waals surface area (Å²) >= 11 is 0. The van der Waals surface area contributed by atoms with E-state index in [4.69, 9.17) is 15.2 Å². The Morgan fingerprint density at radius 1 is 0.970 bits per heavy atom. The maximum atomic E-state index is 13.3. The molecule has 1 heterocycles. The van der Waals surface area contributed by atoms with Crippen LogP contribution >= 0.6 is 0 Å². The standard InChI is InChI=1S/C27H26N2O4.H2/c1-16(2)21-9-8-20(14-22(21)17-3-5-18(6-4-17)25(28)30)29-26(31)27(11-12-27)19-7-10-23-24(13-19)33-15-32-23;/h3-10,13-14,16H,11-12,15H2,1-2H3,(H2,28,30)(H,29,31);1H. The molecule has 170 valence electrons. The number of hydrogen-bond donors (Lipinski definition) is 2. The summed E-state index contributed by atoms with van der Waals surface area (Å²) in [6, 6.07) is 19.0. The highest BCUT2D eigenvalue weighted by Gasteiger charge is 2.51. The minimum atomic E-state index is -0.541. The van der Waals surface area contributed by atoms with Crippen molar-refractivity contribution >= 4 is 17.5 Å². The van der Waals surface area contributed by atoms with Gasteiger partial charge in [0.2, 0.25) is 18.6 Å². The van der Waals surface area contributed by atoms with Gasteiger partial charge in [0, 0.05) is 12.7 Å². The molecule has 3 aromatic rings. The number of anilines is 1. The molecule has 0 saturated heterocycles. The van der Waals surface area contributed by atoms with Crippen molar-refractivity contribution in [2.75, 3.05) is 12.1 Å². The highest BCUT2D eigenvalue weighted by Crippen LogP contribution is 2.51. The molecule has 5 rings (SSSR count). The predicted octanol–water partition coefficient (Wildman–Crippen LogP) is 5.22. The van der Waals surface area contributed by atoms with Crippen LogP contribution in [-0.4, -0.2) is 18.6 Å². The number of carbonyl (C=O) groups excluding carboxylic acids is 2. The third kappa shape index (κ3) is 3.82. The van der Waals surface area contributed by atoms with Crippen molar-refractivity contribution in [1.29, 1.82) is 0 Å². The maximum absolute atomic E-state index is 13.3. The molecule has 0 aromatic heterocycles. The van der Waals surface area contributed by atoms with Gasteiger partial charge in [-0.2, -0.15) is 0 Å². The summed E-state index contributed by atoms with van der Waals surface area (Å²) in [6.45, 7) is 4.48. The lowest BCUT2D eigenvalue weighted by Crippen LogP contribution is -2.27. The lowest BCUT2D eigenvalue weighted by Gasteiger charge is -2.19. The Labute approximate surface area is 194 Å². The van der Waals surface area contributed by atoms with Crippen LogP contribution in [0.25, 0.3) is 11.1 Å². The summed E-state index contributed by atoms with van der Waals surface area (Å²) in [5.74, 6) is 1.23. The van der Waals surface area contributed by atoms with Crippen LogP contribution in [-0.2, 0) is 10.2 Å². The molecule has 1 aliphatic heterocycles. The number of carbonyl (C=O) groups is 2. The summed E-state index contributed by atoms with van der Waals surface area (Å²) in [4.78, 5) is 24.8. The molecule has 1 saturated carbocycles. The van der Waals surface area contributed by atoms with E-state index in [1.165, 1.54) is 0 Å². The van der Waals surface area contributed by atoms with E-state index < -0.39 is 11.3 Å². The van der Waals surface area contributed by atoms with E-state index in [0.717, 1.165) is 40.8 Å². The fourth-order valence-corrected chi connectivity index (χ4v) is 4.42. The number of nitrogens with two attached hydrogens (primary N) is 1. The lowest BCUT2D eigenvalue weighted by atomic mass is 9.91. The molecule has 1 aliphatic carbocycles. The fourth-order valence-electron chi connectivity index (χ4n) is 4.42. The normalized spacial score (nSPS) is 15.4. The molecule has 0 atom stereocenters. The number of primary amides is 1. The Kier molecular flexibility index (Phi) is 5.08. The number of ether oxygens (including phenoxy) is 2. The topological polar surface area (TPSA) is 90.7 Å². The number of nitrogens with one attached hydrogen (secondary N) is 1. The zero-order valence-corrected chi connectivity index (χ0v) is 18.7. The van der Waals surface area contributed by atoms with Crippen LogP contribution in [0.3, 0.4) is 0 Å². The van der Waals surface area contributed by atoms with Crippen molar-refractivity contribution < 1.29 is 20.5 Å². The van der Waals surface area contributed by atoms with Gasteiger partial charge in [0.15, 0.2) is 11.5 Å². The van der Waals surface area contributed by atoms with Gasteiger partial charge in [-0.25, -0.2) is 0 Å². The quantitative estimate of drug-likeness (QED) is 0.545. The smallest absolute Gasteiger partial charge is 0.248 e. The molecule has 33 heavy (non-hydrogen) atoms. The van der Waals surface area contributed by atoms with E-state index >= 15 is 0 Å². The first-order valence-electron chi connectivity index (χ1n) is 11.1. The molecule has 2 aliphatic rings. The average molecular weight is 445 g/mol. The van der Waals surface area contributed by atoms with Gasteiger partial charge >= 0.3 is 0 Å². The Balaban J connectivity index is 0.00000274. The van der Waals surface area contributed by atoms with Crippen LogP contribution < -0.4 is 20.5 Å². The Morgan fingerprint density at radius 3 is 2.36 bits per heavy atom. The molecule has 6 heteroatoms. The predicted molar refractivity (Wildman–Crippen MR) is 129 cm³/mol. The van der Waals surface area contributed by atoms with Crippen LogP contribution in [0.4, 0.5) is 5.69 Å². The summed E-state index contributed by atoms with van der Waals surface area (Å²) in [7, 11) is 0. The van der Waals surface area contributed by atoms with Gasteiger partial charge in [-0.3, -0.25) is 9.59 Å². The maximum Gasteiger partial charge on any atom is 0.248 e. The number of benzene rings is 3. The third-order valence-corrected chi connectivity index (χ3v) is 6.52. The highest BCUT2D eigenvalue weighted by molar-refractivity contribution is 6.02. The molecule has 0 unspecified atom stereocenters. The zero-order valence-electron chi connectivity index (χ0n) is 18.7. The molecule has 3 aromatic carbocycles. The SMILES string of the molecule is CC(C)c1ccc(NC(=O)C2(c3ccc4c(c3)OCO4)CC2)cc1-c1ccc(C(N)=O)cc1.[HH]. The number of rotatable bonds is 6. The van der Waals surface area contributed by atoms with Crippen molar-refractivity contribution in [3.63, 3.8) is 0 Å². The summed E-state index contributed by atoms with van der Waals surface area (Å²) < 4.78 is 10.9. The summed E-state index contributed by atoms with van der Waals surface area (Å²) in [5, 5.41) is 3.13. The first kappa shape index (κ1) is 21.1. The monoisotopic (exact) mass is 444 g/mol. The summed E-state index contributed by atoms with van der Waals surface area (Å²) in [5.41, 5.74) is 10.2. The van der Waals surface area contributed by atoms with Crippen molar-refractivity contribution in [3.05, 3.63) is 77.4 Å². The second-order valence-electron chi connectivity index (χ2n) is 9.00. The molecule has 6 nitrogen and oxygen atoms in total. The van der Waals surface area contributed by atoms with E-state index in [9.17, 15) is 9.59 Å². The van der Waals surface area contributed by atoms with Crippen molar-refractivity contribution in [2.24, 2.45) is 5.73 Å². The van der Waals surface area contributed by atoms with E-state index in [1.54, 1.807) is 12.1 Å². The van der Waals surface area contributed by atoms with Gasteiger partial charge in [-0.1, -0.05) is 38.1 Å². The first-order valence-corrected chi connectivity index (χ1v) is 11.1. The van der Waals surface area contributed by atoms with Crippen molar-refractivity contribution in [2.45, 2.75) is 38.0 Å². The molecule has 1 fully saturated rings. The van der Waals surface area contributed by atoms with Gasteiger partial charge in [-0.05, 0) is 77.4 Å². The Hall–Kier alpha value is -3.80. The second kappa shape index (κ2) is 7.96. The molecule has 0 bridgehead atoms. The van der Waals surface area contributed by atoms with Crippen molar-refractivity contribution in [1.82, 2.24) is 0 Å². The van der Waals surface area contributed by atoms with Gasteiger partial charge in [0.25, 0.3) is 0 Å². The van der Waals surface area contributed by atoms with Gasteiger partial charge in [0.05, 0.1) is 5.41 Å². The Morgan fingerprint density at radius 2 is 1.70 bits per heavy atom. The molecule has 0 radical (unpaired) electrons. The van der Waals surface area contributed by atoms with Gasteiger partial charge in [0.1, 0.15) is 0 Å². The van der Waals surface area contributed by atoms with Crippen LogP contribution in [0, 0.1) is 0 Å². The third-order valence-electron chi connectivity index (χ3n) is 6.52. The number of amides is 2. The van der Waals surface area contributed by atoms with E-state index in [0.29, 0.717) is 23.0 Å². The highest BCUT2D eigenvalue weighted by atomic mass is 16.7. The molecule has 2 amide bonds. The number of fused-ring (bicyclic) bond motifs is 1. The molecular weight excluding hydrogens is 416 g/mol. The second-order valence-corrected chi connectivity index (χ2v) is 9.00. The van der Waals surface area contributed by atoms with E-state index in [-0.39, 0.29) is 14.1 Å². The molecule has 3 N–H and O–H groups in total. The van der Waals surface area contributed by atoms with Crippen LogP contribution in [0.2, 0.25) is 0 Å². The largest absolute Gasteiger partial charge is 0.454 e. The minimum Gasteiger partial charge on any atom is -0.454 e. The van der Waals surface area contributed by atoms with Gasteiger partial charge in [-0.15, -0.1) is 0 Å². The summed E-state index contributed by atoms with van der Waals surface area (Å²) in [6.07, 6.45) is 1.59. The molecular formula is C27H28N2O4. The van der Waals surface area contributed by atoms with Crippen LogP contribution in [0.15, 0.2) is 60.7 Å². The lowest BCUT2D eigenvalue weighted by molar-refractivity contribution is -0.118. The minimum absolute atomic E-state index is 0. The zero-order chi connectivity index (χ0) is 23.2. The fraction of sp³-hybridized carbons (Fsp3) is 0.259. The average Bonchev–Trinajstić information content (AvgIpc) is 3.50.